The number of hydrogen-bond acceptors (Lipinski definition) is 16. The van der Waals surface area contributed by atoms with Crippen LogP contribution in [0.3, 0.4) is 0 Å². The molecule has 0 unspecified atom stereocenters. The fourth-order valence-corrected chi connectivity index (χ4v) is 6.95. The molecule has 18 N–H and O–H groups in total. The number of phenols is 1. The fraction of sp³-hybridized carbons (Fsp3) is 0.521. The molecule has 0 radical (unpaired) electrons. The van der Waals surface area contributed by atoms with Gasteiger partial charge in [-0.05, 0) is 69.3 Å². The zero-order chi connectivity index (χ0) is 59.6. The second-order valence-electron chi connectivity index (χ2n) is 18.1. The van der Waals surface area contributed by atoms with Gasteiger partial charge in [-0.15, -0.1) is 0 Å². The van der Waals surface area contributed by atoms with Crippen LogP contribution in [0.2, 0.25) is 0 Å². The number of primary amides is 1. The van der Waals surface area contributed by atoms with Crippen molar-refractivity contribution < 1.29 is 86.3 Å². The van der Waals surface area contributed by atoms with Crippen LogP contribution < -0.4 is 59.7 Å². The molecule has 0 bridgehead atoms. The zero-order valence-electron chi connectivity index (χ0n) is 43.3. The lowest BCUT2D eigenvalue weighted by Gasteiger charge is -2.28. The average molecular weight is 1130 g/mol. The van der Waals surface area contributed by atoms with Crippen LogP contribution in [0.5, 0.6) is 5.75 Å². The molecule has 0 saturated heterocycles. The minimum Gasteiger partial charge on any atom is -0.508 e. The first kappa shape index (κ1) is 68.4. The first-order valence-corrected chi connectivity index (χ1v) is 24.8. The zero-order valence-corrected chi connectivity index (χ0v) is 44.2. The number of aliphatic carboxylic acids is 2. The first-order chi connectivity index (χ1) is 36.3. The Hall–Kier alpha value is -7.57. The molecule has 0 aromatic heterocycles. The van der Waals surface area contributed by atoms with E-state index in [4.69, 9.17) is 27.1 Å². The lowest BCUT2D eigenvalue weighted by molar-refractivity contribution is -0.192. The number of carboxylic acids is 2. The van der Waals surface area contributed by atoms with Gasteiger partial charge in [0.1, 0.15) is 54.1 Å². The van der Waals surface area contributed by atoms with Gasteiger partial charge in [0.25, 0.3) is 0 Å². The number of carbonyl (C=O) groups excluding carboxylic acids is 9. The Kier molecular flexibility index (Phi) is 29.4. The van der Waals surface area contributed by atoms with Crippen molar-refractivity contribution in [2.45, 2.75) is 140 Å². The van der Waals surface area contributed by atoms with Gasteiger partial charge in [-0.25, -0.2) is 9.59 Å². The maximum Gasteiger partial charge on any atom is 0.490 e. The van der Waals surface area contributed by atoms with Gasteiger partial charge in [-0.2, -0.15) is 25.8 Å². The Labute approximate surface area is 452 Å². The van der Waals surface area contributed by atoms with Gasteiger partial charge in [0.05, 0.1) is 18.6 Å². The Morgan fingerprint density at radius 3 is 1.45 bits per heavy atom. The van der Waals surface area contributed by atoms with Crippen LogP contribution in [-0.2, 0) is 65.6 Å². The standard InChI is InChI=1S/C46H69N11O13S.C2HF3O2/c1-23(2)36(56-38(61)24(3)50-40(63)30(48)13-9-10-18-47)44(67)54-32(20-28-14-16-29(59)17-15-28)42(65)53-33(21-35(49)60)43(66)52-31(19-27-11-7-6-8-12-27)41(64)51-25(4)39(62)57-37(26(5)58)45(68)55-34(22-71)46(69)70;3-2(4,5)1(6)7/h6-8,11-12,14-17,23-26,30-34,36-37,58-59,71H,9-10,13,18-22,47-48H2,1-5H3,(H2,49,60)(H,50,63)(H,51,64)(H,52,66)(H,53,65)(H,54,67)(H,55,68)(H,56,61)(H,57,62)(H,69,70);(H,6,7)/t24-,25-,26+,30-,31-,32-,33-,34-,36-,37-;/m0./s1. The number of carboxylic acid groups (broad SMARTS) is 2. The van der Waals surface area contributed by atoms with Gasteiger partial charge in [-0.3, -0.25) is 43.2 Å². The molecule has 2 aromatic carbocycles. The molecular formula is C48H70F3N11O15S. The quantitative estimate of drug-likeness (QED) is 0.0276. The molecule has 30 heteroatoms. The maximum absolute atomic E-state index is 14.2. The molecule has 78 heavy (non-hydrogen) atoms. The first-order valence-electron chi connectivity index (χ1n) is 24.1. The van der Waals surface area contributed by atoms with E-state index in [9.17, 15) is 76.4 Å². The van der Waals surface area contributed by atoms with Crippen molar-refractivity contribution in [3.05, 3.63) is 65.7 Å². The van der Waals surface area contributed by atoms with Gasteiger partial charge in [0, 0.05) is 18.6 Å². The minimum absolute atomic E-state index is 0.103. The third-order valence-corrected chi connectivity index (χ3v) is 11.5. The number of nitrogens with one attached hydrogen (secondary N) is 8. The number of phenolic OH excluding ortho intramolecular Hbond substituents is 1. The Morgan fingerprint density at radius 2 is 1.00 bits per heavy atom. The van der Waals surface area contributed by atoms with Gasteiger partial charge in [0.15, 0.2) is 0 Å². The van der Waals surface area contributed by atoms with E-state index < -0.39 is 144 Å². The molecule has 0 spiro atoms. The van der Waals surface area contributed by atoms with Gasteiger partial charge in [0.2, 0.25) is 53.2 Å². The van der Waals surface area contributed by atoms with Crippen LogP contribution in [0.15, 0.2) is 54.6 Å². The summed E-state index contributed by atoms with van der Waals surface area (Å²) in [6.07, 6.45) is -6.28. The number of thiol groups is 1. The molecule has 434 valence electrons. The van der Waals surface area contributed by atoms with Gasteiger partial charge < -0.3 is 80.2 Å². The second-order valence-corrected chi connectivity index (χ2v) is 18.5. The van der Waals surface area contributed by atoms with Crippen LogP contribution in [-0.4, -0.2) is 164 Å². The lowest BCUT2D eigenvalue weighted by Crippen LogP contribution is -2.61. The molecule has 9 amide bonds. The summed E-state index contributed by atoms with van der Waals surface area (Å²) in [6, 6.07) is 1.21. The third kappa shape index (κ3) is 25.1. The summed E-state index contributed by atoms with van der Waals surface area (Å²) >= 11 is 3.89. The van der Waals surface area contributed by atoms with E-state index in [1.54, 1.807) is 44.2 Å². The highest BCUT2D eigenvalue weighted by Crippen LogP contribution is 2.15. The van der Waals surface area contributed by atoms with Crippen LogP contribution in [0.1, 0.15) is 71.4 Å². The lowest BCUT2D eigenvalue weighted by atomic mass is 10.00. The minimum atomic E-state index is -5.08. The summed E-state index contributed by atoms with van der Waals surface area (Å²) < 4.78 is 31.7. The topological polar surface area (TPSA) is 443 Å². The monoisotopic (exact) mass is 1130 g/mol. The van der Waals surface area contributed by atoms with Crippen molar-refractivity contribution in [1.29, 1.82) is 0 Å². The summed E-state index contributed by atoms with van der Waals surface area (Å²) in [5.74, 6) is -13.5. The SMILES string of the molecule is CC(C)[C@H](NC(=O)[C@H](C)NC(=O)[C@@H](N)CCCCN)C(=O)N[C@@H](Cc1ccc(O)cc1)C(=O)N[C@@H](CC(N)=O)C(=O)N[C@@H](Cc1ccccc1)C(=O)N[C@@H](C)C(=O)N[C@H](C(=O)N[C@@H](CS)C(=O)O)[C@@H](C)O.O=C(O)C(F)(F)F. The number of alkyl halides is 3. The number of nitrogens with two attached hydrogens (primary N) is 3. The third-order valence-electron chi connectivity index (χ3n) is 11.1. The second kappa shape index (κ2) is 33.6. The molecule has 2 aromatic rings. The van der Waals surface area contributed by atoms with Crippen LogP contribution in [0.25, 0.3) is 0 Å². The number of carbonyl (C=O) groups is 11. The van der Waals surface area contributed by atoms with Crippen molar-refractivity contribution in [2.24, 2.45) is 23.1 Å². The van der Waals surface area contributed by atoms with Crippen LogP contribution in [0, 0.1) is 5.92 Å². The molecule has 0 aliphatic heterocycles. The average Bonchev–Trinajstić information content (AvgIpc) is 3.35. The Bertz CT molecular complexity index is 2370. The van der Waals surface area contributed by atoms with Gasteiger partial charge in [-0.1, -0.05) is 62.7 Å². The van der Waals surface area contributed by atoms with Crippen molar-refractivity contribution in [2.75, 3.05) is 12.3 Å². The largest absolute Gasteiger partial charge is 0.508 e. The number of benzene rings is 2. The predicted octanol–water partition coefficient (Wildman–Crippen LogP) is -2.89. The van der Waals surface area contributed by atoms with Crippen molar-refractivity contribution in [3.63, 3.8) is 0 Å². The summed E-state index contributed by atoms with van der Waals surface area (Å²) in [5, 5.41) is 56.1. The number of rotatable bonds is 30. The summed E-state index contributed by atoms with van der Waals surface area (Å²) in [6.45, 7) is 7.45. The van der Waals surface area contributed by atoms with E-state index in [1.165, 1.54) is 45.0 Å². The molecule has 26 nitrogen and oxygen atoms in total. The fourth-order valence-electron chi connectivity index (χ4n) is 6.70. The van der Waals surface area contributed by atoms with E-state index in [2.05, 4.69) is 55.2 Å². The highest BCUT2D eigenvalue weighted by molar-refractivity contribution is 7.80. The van der Waals surface area contributed by atoms with Crippen molar-refractivity contribution >= 4 is 77.7 Å². The Morgan fingerprint density at radius 1 is 0.577 bits per heavy atom. The molecule has 0 fully saturated rings. The number of aliphatic hydroxyl groups is 1. The number of hydrogen-bond donors (Lipinski definition) is 16. The normalized spacial score (nSPS) is 14.9. The summed E-state index contributed by atoms with van der Waals surface area (Å²) in [7, 11) is 0. The van der Waals surface area contributed by atoms with Crippen molar-refractivity contribution in [1.82, 2.24) is 42.5 Å². The Balaban J connectivity index is 0.00000404. The molecule has 2 rings (SSSR count). The highest BCUT2D eigenvalue weighted by Gasteiger charge is 2.39. The molecule has 0 heterocycles. The molecule has 0 aliphatic rings. The van der Waals surface area contributed by atoms with Gasteiger partial charge >= 0.3 is 18.1 Å². The van der Waals surface area contributed by atoms with E-state index in [0.29, 0.717) is 36.9 Å². The molecule has 0 aliphatic carbocycles. The number of amides is 9. The smallest absolute Gasteiger partial charge is 0.490 e. The molecular weight excluding hydrogens is 1060 g/mol. The van der Waals surface area contributed by atoms with E-state index in [0.717, 1.165) is 0 Å². The number of aliphatic hydroxyl groups excluding tert-OH is 1. The van der Waals surface area contributed by atoms with E-state index in [1.807, 2.05) is 0 Å². The predicted molar refractivity (Wildman–Crippen MR) is 275 cm³/mol. The maximum atomic E-state index is 14.2. The van der Waals surface area contributed by atoms with Crippen LogP contribution in [0.4, 0.5) is 13.2 Å². The highest BCUT2D eigenvalue weighted by atomic mass is 32.1. The molecule has 0 saturated carbocycles. The summed E-state index contributed by atoms with van der Waals surface area (Å²) in [4.78, 5) is 141. The number of halogens is 3. The summed E-state index contributed by atoms with van der Waals surface area (Å²) in [5.41, 5.74) is 17.9. The molecule has 10 atom stereocenters. The van der Waals surface area contributed by atoms with Crippen molar-refractivity contribution in [3.8, 4) is 5.75 Å². The number of unbranched alkanes of at least 4 members (excludes halogenated alkanes) is 1. The van der Waals surface area contributed by atoms with E-state index >= 15 is 0 Å². The van der Waals surface area contributed by atoms with E-state index in [-0.39, 0.29) is 24.3 Å². The van der Waals surface area contributed by atoms with Crippen LogP contribution >= 0.6 is 12.6 Å². The number of aromatic hydroxyl groups is 1.